The zero-order chi connectivity index (χ0) is 15.0. The molecule has 0 saturated heterocycles. The van der Waals surface area contributed by atoms with Gasteiger partial charge in [-0.25, -0.2) is 0 Å². The zero-order valence-corrected chi connectivity index (χ0v) is 12.1. The summed E-state index contributed by atoms with van der Waals surface area (Å²) in [6, 6.07) is 5.03. The summed E-state index contributed by atoms with van der Waals surface area (Å²) in [5.74, 6) is -0.137. The van der Waals surface area contributed by atoms with Crippen LogP contribution in [0.1, 0.15) is 24.1 Å². The van der Waals surface area contributed by atoms with Crippen molar-refractivity contribution in [2.45, 2.75) is 19.4 Å². The molecule has 0 radical (unpaired) electrons. The third-order valence-electron chi connectivity index (χ3n) is 3.46. The minimum absolute atomic E-state index is 0.00710. The average Bonchev–Trinajstić information content (AvgIpc) is 3.05. The maximum Gasteiger partial charge on any atom is 0.292 e. The van der Waals surface area contributed by atoms with Gasteiger partial charge in [-0.05, 0) is 40.9 Å². The van der Waals surface area contributed by atoms with E-state index in [2.05, 4.69) is 10.6 Å². The minimum Gasteiger partial charge on any atom is -0.373 e. The molecule has 1 aromatic heterocycles. The van der Waals surface area contributed by atoms with E-state index in [1.54, 1.807) is 17.4 Å². The summed E-state index contributed by atoms with van der Waals surface area (Å²) < 4.78 is 0. The SMILES string of the molecule is CC(Nc1cc2c(cc1[N+](=O)[O-])CC(=O)N2)c1ccsc1. The number of nitro groups is 1. The molecule has 1 aliphatic rings. The molecule has 0 fully saturated rings. The monoisotopic (exact) mass is 303 g/mol. The molecular weight excluding hydrogens is 290 g/mol. The van der Waals surface area contributed by atoms with Gasteiger partial charge in [0, 0.05) is 17.8 Å². The third kappa shape index (κ3) is 2.59. The van der Waals surface area contributed by atoms with Crippen LogP contribution in [0.15, 0.2) is 29.0 Å². The maximum atomic E-state index is 11.4. The Morgan fingerprint density at radius 3 is 2.95 bits per heavy atom. The second-order valence-corrected chi connectivity index (χ2v) is 5.71. The number of carbonyl (C=O) groups is 1. The zero-order valence-electron chi connectivity index (χ0n) is 11.3. The summed E-state index contributed by atoms with van der Waals surface area (Å²) in [4.78, 5) is 22.2. The van der Waals surface area contributed by atoms with Crippen LogP contribution in [0.25, 0.3) is 0 Å². The molecule has 1 aliphatic heterocycles. The molecule has 108 valence electrons. The molecule has 21 heavy (non-hydrogen) atoms. The summed E-state index contributed by atoms with van der Waals surface area (Å²) in [7, 11) is 0. The van der Waals surface area contributed by atoms with Gasteiger partial charge in [-0.2, -0.15) is 11.3 Å². The first-order valence-electron chi connectivity index (χ1n) is 6.44. The molecule has 1 amide bonds. The van der Waals surface area contributed by atoms with Crippen LogP contribution in [-0.4, -0.2) is 10.8 Å². The number of fused-ring (bicyclic) bond motifs is 1. The Labute approximate surface area is 124 Å². The maximum absolute atomic E-state index is 11.4. The van der Waals surface area contributed by atoms with Gasteiger partial charge in [-0.1, -0.05) is 0 Å². The van der Waals surface area contributed by atoms with Gasteiger partial charge >= 0.3 is 0 Å². The van der Waals surface area contributed by atoms with Crippen molar-refractivity contribution in [3.8, 4) is 0 Å². The van der Waals surface area contributed by atoms with Gasteiger partial charge in [0.1, 0.15) is 5.69 Å². The Bertz CT molecular complexity index is 713. The van der Waals surface area contributed by atoms with Crippen LogP contribution in [0.3, 0.4) is 0 Å². The lowest BCUT2D eigenvalue weighted by molar-refractivity contribution is -0.384. The lowest BCUT2D eigenvalue weighted by Crippen LogP contribution is -2.08. The normalized spacial score (nSPS) is 14.4. The van der Waals surface area contributed by atoms with Crippen LogP contribution < -0.4 is 10.6 Å². The van der Waals surface area contributed by atoms with Crippen molar-refractivity contribution in [1.82, 2.24) is 0 Å². The topological polar surface area (TPSA) is 84.3 Å². The Balaban J connectivity index is 1.95. The number of nitro benzene ring substituents is 1. The number of anilines is 2. The molecule has 2 heterocycles. The molecule has 0 aliphatic carbocycles. The van der Waals surface area contributed by atoms with Crippen LogP contribution in [0.4, 0.5) is 17.1 Å². The van der Waals surface area contributed by atoms with E-state index in [4.69, 9.17) is 0 Å². The van der Waals surface area contributed by atoms with Gasteiger partial charge in [-0.15, -0.1) is 0 Å². The van der Waals surface area contributed by atoms with Crippen molar-refractivity contribution in [1.29, 1.82) is 0 Å². The van der Waals surface area contributed by atoms with E-state index in [1.807, 2.05) is 23.8 Å². The van der Waals surface area contributed by atoms with E-state index in [1.165, 1.54) is 6.07 Å². The highest BCUT2D eigenvalue weighted by Gasteiger charge is 2.25. The Kier molecular flexibility index (Phi) is 3.34. The molecule has 0 saturated carbocycles. The highest BCUT2D eigenvalue weighted by molar-refractivity contribution is 7.08. The Hall–Kier alpha value is -2.41. The fraction of sp³-hybridized carbons (Fsp3) is 0.214. The molecule has 2 aromatic rings. The van der Waals surface area contributed by atoms with E-state index < -0.39 is 4.92 Å². The fourth-order valence-electron chi connectivity index (χ4n) is 2.37. The summed E-state index contributed by atoms with van der Waals surface area (Å²) in [5.41, 5.74) is 2.79. The van der Waals surface area contributed by atoms with Crippen LogP contribution >= 0.6 is 11.3 Å². The van der Waals surface area contributed by atoms with Crippen LogP contribution in [0, 0.1) is 10.1 Å². The number of hydrogen-bond acceptors (Lipinski definition) is 5. The number of thiophene rings is 1. The van der Waals surface area contributed by atoms with Crippen molar-refractivity contribution in [2.24, 2.45) is 0 Å². The first-order chi connectivity index (χ1) is 10.0. The number of hydrogen-bond donors (Lipinski definition) is 2. The van der Waals surface area contributed by atoms with Gasteiger partial charge in [0.2, 0.25) is 5.91 Å². The van der Waals surface area contributed by atoms with E-state index in [-0.39, 0.29) is 24.1 Å². The van der Waals surface area contributed by atoms with Crippen molar-refractivity contribution in [2.75, 3.05) is 10.6 Å². The Morgan fingerprint density at radius 1 is 1.48 bits per heavy atom. The number of nitrogens with one attached hydrogen (secondary N) is 2. The van der Waals surface area contributed by atoms with Gasteiger partial charge in [0.25, 0.3) is 5.69 Å². The number of nitrogens with zero attached hydrogens (tertiary/aromatic N) is 1. The molecular formula is C14H13N3O3S. The minimum atomic E-state index is -0.425. The first-order valence-corrected chi connectivity index (χ1v) is 7.38. The molecule has 3 rings (SSSR count). The van der Waals surface area contributed by atoms with Crippen molar-refractivity contribution in [3.05, 3.63) is 50.2 Å². The number of benzene rings is 1. The number of amides is 1. The third-order valence-corrected chi connectivity index (χ3v) is 4.16. The van der Waals surface area contributed by atoms with Gasteiger partial charge in [-0.3, -0.25) is 14.9 Å². The molecule has 1 aromatic carbocycles. The number of carbonyl (C=O) groups excluding carboxylic acids is 1. The molecule has 7 heteroatoms. The molecule has 0 bridgehead atoms. The first kappa shape index (κ1) is 13.6. The predicted molar refractivity (Wildman–Crippen MR) is 81.8 cm³/mol. The van der Waals surface area contributed by atoms with E-state index in [9.17, 15) is 14.9 Å². The highest BCUT2D eigenvalue weighted by Crippen LogP contribution is 2.36. The summed E-state index contributed by atoms with van der Waals surface area (Å²) in [5, 5.41) is 21.1. The Morgan fingerprint density at radius 2 is 2.29 bits per heavy atom. The average molecular weight is 303 g/mol. The standard InChI is InChI=1S/C14H13N3O3S/c1-8(9-2-3-21-7-9)15-12-6-11-10(5-14(18)16-11)4-13(12)17(19)20/h2-4,6-8,15H,5H2,1H3,(H,16,18). The predicted octanol–water partition coefficient (Wildman–Crippen LogP) is 3.32. The fourth-order valence-corrected chi connectivity index (χ4v) is 3.12. The lowest BCUT2D eigenvalue weighted by Gasteiger charge is -2.15. The van der Waals surface area contributed by atoms with Crippen LogP contribution in [0.2, 0.25) is 0 Å². The van der Waals surface area contributed by atoms with Crippen molar-refractivity contribution in [3.63, 3.8) is 0 Å². The van der Waals surface area contributed by atoms with E-state index in [0.717, 1.165) is 5.56 Å². The molecule has 0 spiro atoms. The summed E-state index contributed by atoms with van der Waals surface area (Å²) in [6.45, 7) is 1.94. The van der Waals surface area contributed by atoms with Crippen LogP contribution in [-0.2, 0) is 11.2 Å². The van der Waals surface area contributed by atoms with E-state index >= 15 is 0 Å². The smallest absolute Gasteiger partial charge is 0.292 e. The number of rotatable bonds is 4. The van der Waals surface area contributed by atoms with Gasteiger partial charge < -0.3 is 10.6 Å². The quantitative estimate of drug-likeness (QED) is 0.670. The molecule has 1 atom stereocenters. The molecule has 6 nitrogen and oxygen atoms in total. The largest absolute Gasteiger partial charge is 0.373 e. The van der Waals surface area contributed by atoms with E-state index in [0.29, 0.717) is 16.9 Å². The second-order valence-electron chi connectivity index (χ2n) is 4.93. The van der Waals surface area contributed by atoms with Crippen LogP contribution in [0.5, 0.6) is 0 Å². The lowest BCUT2D eigenvalue weighted by atomic mass is 10.1. The van der Waals surface area contributed by atoms with Crippen molar-refractivity contribution >= 4 is 34.3 Å². The van der Waals surface area contributed by atoms with Crippen molar-refractivity contribution < 1.29 is 9.72 Å². The molecule has 2 N–H and O–H groups in total. The second kappa shape index (κ2) is 5.17. The summed E-state index contributed by atoms with van der Waals surface area (Å²) in [6.07, 6.45) is 0.191. The molecule has 1 unspecified atom stereocenters. The van der Waals surface area contributed by atoms with Gasteiger partial charge in [0.15, 0.2) is 0 Å². The highest BCUT2D eigenvalue weighted by atomic mass is 32.1. The van der Waals surface area contributed by atoms with Gasteiger partial charge in [0.05, 0.1) is 11.3 Å². The summed E-state index contributed by atoms with van der Waals surface area (Å²) >= 11 is 1.58.